The number of hydrogen-bond acceptors (Lipinski definition) is 2. The van der Waals surface area contributed by atoms with Crippen molar-refractivity contribution in [2.75, 3.05) is 13.1 Å². The number of hydrogen-bond donors (Lipinski definition) is 2. The minimum absolute atomic E-state index is 0.282. The van der Waals surface area contributed by atoms with Gasteiger partial charge < -0.3 is 11.1 Å². The van der Waals surface area contributed by atoms with E-state index in [0.717, 1.165) is 37.6 Å². The third-order valence-electron chi connectivity index (χ3n) is 5.19. The molecule has 110 valence electrons. The molecule has 0 aromatic rings. The molecule has 2 saturated carbocycles. The maximum absolute atomic E-state index is 12.2. The molecule has 0 spiro atoms. The van der Waals surface area contributed by atoms with Crippen molar-refractivity contribution in [2.24, 2.45) is 29.4 Å². The predicted molar refractivity (Wildman–Crippen MR) is 78.6 cm³/mol. The van der Waals surface area contributed by atoms with E-state index in [-0.39, 0.29) is 5.92 Å². The van der Waals surface area contributed by atoms with Gasteiger partial charge in [-0.2, -0.15) is 0 Å². The van der Waals surface area contributed by atoms with Crippen molar-refractivity contribution in [3.63, 3.8) is 0 Å². The molecule has 3 nitrogen and oxygen atoms in total. The zero-order chi connectivity index (χ0) is 13.7. The van der Waals surface area contributed by atoms with Crippen LogP contribution >= 0.6 is 0 Å². The van der Waals surface area contributed by atoms with Crippen LogP contribution in [0.2, 0.25) is 0 Å². The molecule has 0 bridgehead atoms. The summed E-state index contributed by atoms with van der Waals surface area (Å²) in [6.45, 7) is 3.66. The quantitative estimate of drug-likeness (QED) is 0.804. The van der Waals surface area contributed by atoms with E-state index in [9.17, 15) is 4.79 Å². The highest BCUT2D eigenvalue weighted by atomic mass is 16.1. The third kappa shape index (κ3) is 4.20. The average Bonchev–Trinajstić information content (AvgIpc) is 2.44. The van der Waals surface area contributed by atoms with Crippen LogP contribution in [-0.4, -0.2) is 19.0 Å². The van der Waals surface area contributed by atoms with Crippen LogP contribution in [0.3, 0.4) is 0 Å². The van der Waals surface area contributed by atoms with Gasteiger partial charge in [-0.1, -0.05) is 32.6 Å². The zero-order valence-electron chi connectivity index (χ0n) is 12.4. The van der Waals surface area contributed by atoms with Crippen molar-refractivity contribution in [1.29, 1.82) is 0 Å². The Hall–Kier alpha value is -0.570. The third-order valence-corrected chi connectivity index (χ3v) is 5.19. The molecule has 3 heteroatoms. The standard InChI is InChI=1S/C16H30N2O/c1-12(8-9-17)11-18-16(19)15-7-6-13-4-2-3-5-14(13)10-15/h12-15H,2-11,17H2,1H3,(H,18,19). The topological polar surface area (TPSA) is 55.1 Å². The highest BCUT2D eigenvalue weighted by Crippen LogP contribution is 2.42. The van der Waals surface area contributed by atoms with E-state index in [2.05, 4.69) is 12.2 Å². The largest absolute Gasteiger partial charge is 0.356 e. The molecule has 0 radical (unpaired) electrons. The normalized spacial score (nSPS) is 32.4. The fraction of sp³-hybridized carbons (Fsp3) is 0.938. The highest BCUT2D eigenvalue weighted by molar-refractivity contribution is 5.78. The number of carbonyl (C=O) groups is 1. The first-order valence-corrected chi connectivity index (χ1v) is 8.18. The molecule has 0 aliphatic heterocycles. The van der Waals surface area contributed by atoms with Gasteiger partial charge in [-0.05, 0) is 50.0 Å². The van der Waals surface area contributed by atoms with Crippen LogP contribution in [0.4, 0.5) is 0 Å². The number of rotatable bonds is 5. The van der Waals surface area contributed by atoms with Crippen LogP contribution < -0.4 is 11.1 Å². The first-order valence-electron chi connectivity index (χ1n) is 8.18. The van der Waals surface area contributed by atoms with E-state index < -0.39 is 0 Å². The van der Waals surface area contributed by atoms with Crippen LogP contribution in [0.15, 0.2) is 0 Å². The Balaban J connectivity index is 1.74. The van der Waals surface area contributed by atoms with Gasteiger partial charge >= 0.3 is 0 Å². The van der Waals surface area contributed by atoms with Crippen LogP contribution in [0.5, 0.6) is 0 Å². The molecule has 2 rings (SSSR count). The minimum Gasteiger partial charge on any atom is -0.356 e. The van der Waals surface area contributed by atoms with Gasteiger partial charge in [0.1, 0.15) is 0 Å². The summed E-state index contributed by atoms with van der Waals surface area (Å²) in [4.78, 5) is 12.2. The molecule has 4 atom stereocenters. The molecule has 4 unspecified atom stereocenters. The fourth-order valence-corrected chi connectivity index (χ4v) is 3.92. The Bertz CT molecular complexity index is 292. The summed E-state index contributed by atoms with van der Waals surface area (Å²) >= 11 is 0. The summed E-state index contributed by atoms with van der Waals surface area (Å²) in [5.74, 6) is 2.84. The van der Waals surface area contributed by atoms with Crippen molar-refractivity contribution >= 4 is 5.91 Å². The fourth-order valence-electron chi connectivity index (χ4n) is 3.92. The Morgan fingerprint density at radius 2 is 1.95 bits per heavy atom. The summed E-state index contributed by atoms with van der Waals surface area (Å²) in [6.07, 6.45) is 10.1. The number of carbonyl (C=O) groups excluding carboxylic acids is 1. The summed E-state index contributed by atoms with van der Waals surface area (Å²) in [5.41, 5.74) is 5.54. The molecule has 3 N–H and O–H groups in total. The van der Waals surface area contributed by atoms with Gasteiger partial charge in [0.15, 0.2) is 0 Å². The van der Waals surface area contributed by atoms with Gasteiger partial charge in [0.05, 0.1) is 0 Å². The van der Waals surface area contributed by atoms with Gasteiger partial charge in [-0.25, -0.2) is 0 Å². The van der Waals surface area contributed by atoms with Crippen molar-refractivity contribution in [1.82, 2.24) is 5.32 Å². The van der Waals surface area contributed by atoms with Crippen molar-refractivity contribution in [3.8, 4) is 0 Å². The average molecular weight is 266 g/mol. The van der Waals surface area contributed by atoms with Crippen molar-refractivity contribution in [2.45, 2.75) is 58.3 Å². The van der Waals surface area contributed by atoms with Crippen molar-refractivity contribution < 1.29 is 4.79 Å². The molecule has 19 heavy (non-hydrogen) atoms. The monoisotopic (exact) mass is 266 g/mol. The van der Waals surface area contributed by atoms with Gasteiger partial charge in [0.25, 0.3) is 0 Å². The molecule has 1 amide bonds. The highest BCUT2D eigenvalue weighted by Gasteiger charge is 2.34. The first kappa shape index (κ1) is 14.8. The molecular weight excluding hydrogens is 236 g/mol. The van der Waals surface area contributed by atoms with Gasteiger partial charge in [0.2, 0.25) is 5.91 Å². The first-order chi connectivity index (χ1) is 9.20. The number of fused-ring (bicyclic) bond motifs is 1. The Kier molecular flexibility index (Phi) is 5.68. The lowest BCUT2D eigenvalue weighted by Gasteiger charge is -2.38. The Morgan fingerprint density at radius 1 is 1.21 bits per heavy atom. The number of nitrogens with two attached hydrogens (primary N) is 1. The smallest absolute Gasteiger partial charge is 0.223 e. The van der Waals surface area contributed by atoms with E-state index >= 15 is 0 Å². The molecule has 0 saturated heterocycles. The van der Waals surface area contributed by atoms with E-state index in [1.807, 2.05) is 0 Å². The second-order valence-electron chi connectivity index (χ2n) is 6.74. The summed E-state index contributed by atoms with van der Waals surface area (Å²) in [7, 11) is 0. The van der Waals surface area contributed by atoms with E-state index in [0.29, 0.717) is 18.4 Å². The van der Waals surface area contributed by atoms with Crippen LogP contribution in [-0.2, 0) is 4.79 Å². The van der Waals surface area contributed by atoms with Crippen LogP contribution in [0, 0.1) is 23.7 Å². The second-order valence-corrected chi connectivity index (χ2v) is 6.74. The molecule has 0 heterocycles. The lowest BCUT2D eigenvalue weighted by atomic mass is 9.67. The Labute approximate surface area is 117 Å². The SMILES string of the molecule is CC(CCN)CNC(=O)C1CCC2CCCCC2C1. The van der Waals surface area contributed by atoms with Crippen molar-refractivity contribution in [3.05, 3.63) is 0 Å². The van der Waals surface area contributed by atoms with E-state index in [1.54, 1.807) is 0 Å². The summed E-state index contributed by atoms with van der Waals surface area (Å²) in [6, 6.07) is 0. The van der Waals surface area contributed by atoms with E-state index in [1.165, 1.54) is 32.1 Å². The Morgan fingerprint density at radius 3 is 2.68 bits per heavy atom. The lowest BCUT2D eigenvalue weighted by Crippen LogP contribution is -2.39. The number of nitrogens with one attached hydrogen (secondary N) is 1. The van der Waals surface area contributed by atoms with E-state index in [4.69, 9.17) is 5.73 Å². The molecular formula is C16H30N2O. The van der Waals surface area contributed by atoms with Crippen LogP contribution in [0.25, 0.3) is 0 Å². The second kappa shape index (κ2) is 7.28. The van der Waals surface area contributed by atoms with Gasteiger partial charge in [-0.15, -0.1) is 0 Å². The molecule has 2 aliphatic rings. The number of amides is 1. The van der Waals surface area contributed by atoms with Gasteiger partial charge in [-0.3, -0.25) is 4.79 Å². The predicted octanol–water partition coefficient (Wildman–Crippen LogP) is 2.69. The summed E-state index contributed by atoms with van der Waals surface area (Å²) < 4.78 is 0. The minimum atomic E-state index is 0.282. The zero-order valence-corrected chi connectivity index (χ0v) is 12.4. The molecule has 0 aromatic carbocycles. The summed E-state index contributed by atoms with van der Waals surface area (Å²) in [5, 5.41) is 3.14. The maximum Gasteiger partial charge on any atom is 0.223 e. The van der Waals surface area contributed by atoms with Gasteiger partial charge in [0, 0.05) is 12.5 Å². The molecule has 0 aromatic heterocycles. The van der Waals surface area contributed by atoms with Crippen LogP contribution in [0.1, 0.15) is 58.3 Å². The molecule has 2 fully saturated rings. The maximum atomic E-state index is 12.2. The molecule has 2 aliphatic carbocycles. The lowest BCUT2D eigenvalue weighted by molar-refractivity contribution is -0.127.